The first-order chi connectivity index (χ1) is 10.3. The van der Waals surface area contributed by atoms with Crippen LogP contribution < -0.4 is 0 Å². The Morgan fingerprint density at radius 2 is 1.36 bits per heavy atom. The van der Waals surface area contributed by atoms with Gasteiger partial charge in [-0.3, -0.25) is 0 Å². The maximum atomic E-state index is 13.3. The van der Waals surface area contributed by atoms with Crippen molar-refractivity contribution in [3.63, 3.8) is 0 Å². The van der Waals surface area contributed by atoms with E-state index in [0.29, 0.717) is 23.9 Å². The Balaban J connectivity index is 2.54. The molecule has 0 unspecified atom stereocenters. The normalized spacial score (nSPS) is 10.5. The molecule has 22 heavy (non-hydrogen) atoms. The van der Waals surface area contributed by atoms with Gasteiger partial charge in [-0.1, -0.05) is 11.8 Å². The van der Waals surface area contributed by atoms with E-state index in [9.17, 15) is 22.8 Å². The Hall–Kier alpha value is -2.48. The van der Waals surface area contributed by atoms with E-state index in [2.05, 4.69) is 0 Å². The molecule has 2 aromatic rings. The molecule has 0 saturated heterocycles. The monoisotopic (exact) mass is 328 g/mol. The number of aromatic carboxylic acids is 2. The molecule has 0 radical (unpaired) electrons. The molecule has 4 nitrogen and oxygen atoms in total. The standard InChI is InChI=1S/C14H7F3O4S/c15-6-1-2-11(7(3-6)13(18)19)22-12-5-10(17)9(16)4-8(12)14(20)21/h1-5H,(H,18,19)(H,20,21). The third-order valence-electron chi connectivity index (χ3n) is 2.64. The molecule has 0 amide bonds. The Kier molecular flexibility index (Phi) is 4.41. The summed E-state index contributed by atoms with van der Waals surface area (Å²) in [5.74, 6) is -6.32. The van der Waals surface area contributed by atoms with Crippen molar-refractivity contribution in [1.29, 1.82) is 0 Å². The van der Waals surface area contributed by atoms with Gasteiger partial charge in [-0.15, -0.1) is 0 Å². The van der Waals surface area contributed by atoms with Crippen LogP contribution in [0.4, 0.5) is 13.2 Å². The van der Waals surface area contributed by atoms with E-state index in [1.807, 2.05) is 0 Å². The number of halogens is 3. The number of carboxylic acids is 2. The fourth-order valence-electron chi connectivity index (χ4n) is 1.66. The fourth-order valence-corrected chi connectivity index (χ4v) is 2.70. The second-order valence-electron chi connectivity index (χ2n) is 4.12. The van der Waals surface area contributed by atoms with Crippen LogP contribution in [0.2, 0.25) is 0 Å². The number of carbonyl (C=O) groups is 2. The minimum Gasteiger partial charge on any atom is -0.478 e. The van der Waals surface area contributed by atoms with Crippen LogP contribution in [0.3, 0.4) is 0 Å². The van der Waals surface area contributed by atoms with Gasteiger partial charge in [0.1, 0.15) is 5.82 Å². The van der Waals surface area contributed by atoms with E-state index >= 15 is 0 Å². The molecular weight excluding hydrogens is 321 g/mol. The van der Waals surface area contributed by atoms with Crippen LogP contribution in [-0.2, 0) is 0 Å². The van der Waals surface area contributed by atoms with E-state index in [1.54, 1.807) is 0 Å². The van der Waals surface area contributed by atoms with Crippen molar-refractivity contribution in [1.82, 2.24) is 0 Å². The van der Waals surface area contributed by atoms with E-state index in [1.165, 1.54) is 0 Å². The zero-order valence-corrected chi connectivity index (χ0v) is 11.5. The van der Waals surface area contributed by atoms with E-state index in [-0.39, 0.29) is 9.79 Å². The van der Waals surface area contributed by atoms with Gasteiger partial charge in [0.25, 0.3) is 0 Å². The minimum absolute atomic E-state index is 0.00223. The minimum atomic E-state index is -1.50. The molecule has 0 spiro atoms. The van der Waals surface area contributed by atoms with Gasteiger partial charge in [0.05, 0.1) is 11.1 Å². The highest BCUT2D eigenvalue weighted by atomic mass is 32.2. The lowest BCUT2D eigenvalue weighted by molar-refractivity contribution is 0.0682. The quantitative estimate of drug-likeness (QED) is 0.896. The van der Waals surface area contributed by atoms with Crippen LogP contribution in [0.25, 0.3) is 0 Å². The first-order valence-corrected chi connectivity index (χ1v) is 6.54. The molecule has 0 saturated carbocycles. The van der Waals surface area contributed by atoms with E-state index in [4.69, 9.17) is 10.2 Å². The van der Waals surface area contributed by atoms with Crippen molar-refractivity contribution in [2.75, 3.05) is 0 Å². The predicted octanol–water partition coefficient (Wildman–Crippen LogP) is 3.65. The average Bonchev–Trinajstić information content (AvgIpc) is 2.43. The van der Waals surface area contributed by atoms with Crippen molar-refractivity contribution >= 4 is 23.7 Å². The van der Waals surface area contributed by atoms with Crippen molar-refractivity contribution in [2.45, 2.75) is 9.79 Å². The molecular formula is C14H7F3O4S. The highest BCUT2D eigenvalue weighted by Crippen LogP contribution is 2.34. The summed E-state index contributed by atoms with van der Waals surface area (Å²) in [4.78, 5) is 22.0. The van der Waals surface area contributed by atoms with Crippen LogP contribution in [0, 0.1) is 17.5 Å². The van der Waals surface area contributed by atoms with Gasteiger partial charge in [0.2, 0.25) is 0 Å². The van der Waals surface area contributed by atoms with Gasteiger partial charge in [0, 0.05) is 9.79 Å². The largest absolute Gasteiger partial charge is 0.478 e. The fraction of sp³-hybridized carbons (Fsp3) is 0. The van der Waals surface area contributed by atoms with Crippen LogP contribution in [0.5, 0.6) is 0 Å². The molecule has 0 aliphatic heterocycles. The van der Waals surface area contributed by atoms with Gasteiger partial charge in [-0.25, -0.2) is 22.8 Å². The molecule has 2 N–H and O–H groups in total. The maximum Gasteiger partial charge on any atom is 0.336 e. The average molecular weight is 328 g/mol. The smallest absolute Gasteiger partial charge is 0.336 e. The molecule has 0 fully saturated rings. The molecule has 0 aliphatic carbocycles. The lowest BCUT2D eigenvalue weighted by Gasteiger charge is -2.09. The maximum absolute atomic E-state index is 13.3. The third-order valence-corrected chi connectivity index (χ3v) is 3.78. The molecule has 0 heterocycles. The van der Waals surface area contributed by atoms with Gasteiger partial charge >= 0.3 is 11.9 Å². The summed E-state index contributed by atoms with van der Waals surface area (Å²) in [5, 5.41) is 18.0. The Morgan fingerprint density at radius 1 is 0.818 bits per heavy atom. The predicted molar refractivity (Wildman–Crippen MR) is 70.8 cm³/mol. The van der Waals surface area contributed by atoms with Crippen LogP contribution in [0.1, 0.15) is 20.7 Å². The molecule has 0 aliphatic rings. The van der Waals surface area contributed by atoms with Gasteiger partial charge in [-0.2, -0.15) is 0 Å². The first kappa shape index (κ1) is 15.9. The summed E-state index contributed by atoms with van der Waals surface area (Å²) in [5.41, 5.74) is -0.935. The highest BCUT2D eigenvalue weighted by Gasteiger charge is 2.19. The Bertz CT molecular complexity index is 777. The zero-order valence-electron chi connectivity index (χ0n) is 10.6. The molecule has 2 aromatic carbocycles. The molecule has 0 atom stereocenters. The van der Waals surface area contributed by atoms with Gasteiger partial charge in [-0.05, 0) is 30.3 Å². The summed E-state index contributed by atoms with van der Waals surface area (Å²) in [6.45, 7) is 0. The lowest BCUT2D eigenvalue weighted by Crippen LogP contribution is -2.03. The summed E-state index contributed by atoms with van der Waals surface area (Å²) < 4.78 is 39.5. The topological polar surface area (TPSA) is 74.6 Å². The number of rotatable bonds is 4. The van der Waals surface area contributed by atoms with Gasteiger partial charge < -0.3 is 10.2 Å². The Morgan fingerprint density at radius 3 is 1.95 bits per heavy atom. The second-order valence-corrected chi connectivity index (χ2v) is 5.20. The third kappa shape index (κ3) is 3.22. The van der Waals surface area contributed by atoms with Crippen LogP contribution in [-0.4, -0.2) is 22.2 Å². The molecule has 8 heteroatoms. The zero-order chi connectivity index (χ0) is 16.4. The van der Waals surface area contributed by atoms with Crippen LogP contribution >= 0.6 is 11.8 Å². The molecule has 2 rings (SSSR count). The number of hydrogen-bond donors (Lipinski definition) is 2. The number of carboxylic acid groups (broad SMARTS) is 2. The molecule has 0 bridgehead atoms. The molecule has 0 aromatic heterocycles. The molecule has 114 valence electrons. The number of benzene rings is 2. The number of hydrogen-bond acceptors (Lipinski definition) is 3. The summed E-state index contributed by atoms with van der Waals surface area (Å²) in [7, 11) is 0. The van der Waals surface area contributed by atoms with E-state index < -0.39 is 40.5 Å². The summed E-state index contributed by atoms with van der Waals surface area (Å²) >= 11 is 0.594. The summed E-state index contributed by atoms with van der Waals surface area (Å²) in [6, 6.07) is 4.01. The lowest BCUT2D eigenvalue weighted by atomic mass is 10.2. The van der Waals surface area contributed by atoms with Crippen molar-refractivity contribution < 1.29 is 33.0 Å². The van der Waals surface area contributed by atoms with Crippen molar-refractivity contribution in [3.8, 4) is 0 Å². The van der Waals surface area contributed by atoms with E-state index in [0.717, 1.165) is 18.2 Å². The van der Waals surface area contributed by atoms with Crippen molar-refractivity contribution in [2.24, 2.45) is 0 Å². The Labute approximate surface area is 126 Å². The first-order valence-electron chi connectivity index (χ1n) is 5.72. The van der Waals surface area contributed by atoms with Crippen molar-refractivity contribution in [3.05, 3.63) is 58.9 Å². The SMILES string of the molecule is O=C(O)c1cc(F)ccc1Sc1cc(F)c(F)cc1C(=O)O. The highest BCUT2D eigenvalue weighted by molar-refractivity contribution is 7.99. The summed E-state index contributed by atoms with van der Waals surface area (Å²) in [6.07, 6.45) is 0. The van der Waals surface area contributed by atoms with Gasteiger partial charge in [0.15, 0.2) is 11.6 Å². The van der Waals surface area contributed by atoms with Crippen LogP contribution in [0.15, 0.2) is 40.1 Å². The second kappa shape index (κ2) is 6.10.